The van der Waals surface area contributed by atoms with E-state index in [9.17, 15) is 14.7 Å². The maximum Gasteiger partial charge on any atom is 0.305 e. The number of hydrogen-bond donors (Lipinski definition) is 2. The molecular formula is C33H49NO4. The van der Waals surface area contributed by atoms with E-state index in [0.717, 1.165) is 24.8 Å². The molecular weight excluding hydrogens is 474 g/mol. The SMILES string of the molecule is CCC(CC)(c1ccc(CCC(C)(O)C(C)(C)C)c(C)c1)c1ccc(C(=O)N(C)C(C)CC(=O)O)c(C)c1. The van der Waals surface area contributed by atoms with E-state index in [1.807, 2.05) is 19.9 Å². The first-order valence-corrected chi connectivity index (χ1v) is 13.9. The molecule has 0 saturated heterocycles. The first-order valence-electron chi connectivity index (χ1n) is 13.9. The van der Waals surface area contributed by atoms with Gasteiger partial charge < -0.3 is 15.1 Å². The molecule has 2 aromatic rings. The number of carboxylic acid groups (broad SMARTS) is 1. The van der Waals surface area contributed by atoms with E-state index in [2.05, 4.69) is 71.9 Å². The maximum absolute atomic E-state index is 13.1. The third-order valence-corrected chi connectivity index (χ3v) is 9.06. The molecule has 2 N–H and O–H groups in total. The predicted octanol–water partition coefficient (Wildman–Crippen LogP) is 7.07. The lowest BCUT2D eigenvalue weighted by molar-refractivity contribution is -0.137. The summed E-state index contributed by atoms with van der Waals surface area (Å²) in [6, 6.07) is 12.4. The van der Waals surface area contributed by atoms with E-state index >= 15 is 0 Å². The smallest absolute Gasteiger partial charge is 0.305 e. The number of aliphatic carboxylic acids is 1. The van der Waals surface area contributed by atoms with E-state index in [1.54, 1.807) is 14.0 Å². The van der Waals surface area contributed by atoms with Crippen molar-refractivity contribution in [2.24, 2.45) is 5.41 Å². The molecule has 1 amide bonds. The summed E-state index contributed by atoms with van der Waals surface area (Å²) in [5.74, 6) is -1.08. The van der Waals surface area contributed by atoms with Crippen LogP contribution in [0.1, 0.15) is 112 Å². The van der Waals surface area contributed by atoms with Gasteiger partial charge in [-0.1, -0.05) is 65.0 Å². The number of amides is 1. The van der Waals surface area contributed by atoms with E-state index in [1.165, 1.54) is 27.2 Å². The highest BCUT2D eigenvalue weighted by Crippen LogP contribution is 2.41. The monoisotopic (exact) mass is 523 g/mol. The van der Waals surface area contributed by atoms with Crippen LogP contribution < -0.4 is 0 Å². The van der Waals surface area contributed by atoms with Crippen molar-refractivity contribution in [3.63, 3.8) is 0 Å². The second-order valence-electron chi connectivity index (χ2n) is 12.3. The minimum Gasteiger partial charge on any atom is -0.481 e. The molecule has 0 bridgehead atoms. The standard InChI is InChI=1S/C33H49NO4/c1-11-33(12-2,26-14-13-25(22(3)19-26)17-18-32(9,38)31(6,7)8)27-15-16-28(23(4)20-27)30(37)34(10)24(5)21-29(35)36/h13-16,19-20,24,38H,11-12,17-18,21H2,1-10H3,(H,35,36). The molecule has 210 valence electrons. The molecule has 5 nitrogen and oxygen atoms in total. The number of hydrogen-bond acceptors (Lipinski definition) is 3. The van der Waals surface area contributed by atoms with Crippen molar-refractivity contribution in [1.29, 1.82) is 0 Å². The van der Waals surface area contributed by atoms with Gasteiger partial charge in [0.25, 0.3) is 5.91 Å². The molecule has 2 unspecified atom stereocenters. The molecule has 0 spiro atoms. The zero-order chi connectivity index (χ0) is 29.1. The lowest BCUT2D eigenvalue weighted by atomic mass is 9.69. The average molecular weight is 524 g/mol. The van der Waals surface area contributed by atoms with Gasteiger partial charge in [0.15, 0.2) is 0 Å². The molecule has 0 heterocycles. The van der Waals surface area contributed by atoms with Gasteiger partial charge in [0, 0.05) is 24.1 Å². The average Bonchev–Trinajstić information content (AvgIpc) is 2.82. The van der Waals surface area contributed by atoms with Crippen LogP contribution in [0.4, 0.5) is 0 Å². The summed E-state index contributed by atoms with van der Waals surface area (Å²) in [5.41, 5.74) is 5.32. The molecule has 2 atom stereocenters. The molecule has 2 aromatic carbocycles. The highest BCUT2D eigenvalue weighted by molar-refractivity contribution is 5.96. The zero-order valence-electron chi connectivity index (χ0n) is 25.2. The molecule has 0 aromatic heterocycles. The van der Waals surface area contributed by atoms with E-state index in [-0.39, 0.29) is 23.2 Å². The van der Waals surface area contributed by atoms with Gasteiger partial charge >= 0.3 is 5.97 Å². The van der Waals surface area contributed by atoms with Gasteiger partial charge in [-0.15, -0.1) is 0 Å². The molecule has 0 radical (unpaired) electrons. The fourth-order valence-electron chi connectivity index (χ4n) is 5.24. The fourth-order valence-corrected chi connectivity index (χ4v) is 5.24. The van der Waals surface area contributed by atoms with Gasteiger partial charge in [0.1, 0.15) is 0 Å². The molecule has 2 rings (SSSR count). The molecule has 5 heteroatoms. The Morgan fingerprint density at radius 1 is 0.921 bits per heavy atom. The number of aryl methyl sites for hydroxylation is 3. The molecule has 0 aliphatic heterocycles. The van der Waals surface area contributed by atoms with Crippen LogP contribution in [0.5, 0.6) is 0 Å². The van der Waals surface area contributed by atoms with E-state index < -0.39 is 17.6 Å². The van der Waals surface area contributed by atoms with Gasteiger partial charge in [-0.05, 0) is 92.7 Å². The van der Waals surface area contributed by atoms with Crippen LogP contribution in [0.2, 0.25) is 0 Å². The van der Waals surface area contributed by atoms with Crippen LogP contribution >= 0.6 is 0 Å². The van der Waals surface area contributed by atoms with Crippen molar-refractivity contribution in [2.45, 2.75) is 111 Å². The Balaban J connectivity index is 2.39. The lowest BCUT2D eigenvalue weighted by Crippen LogP contribution is -2.40. The zero-order valence-corrected chi connectivity index (χ0v) is 25.2. The number of carbonyl (C=O) groups is 2. The summed E-state index contributed by atoms with van der Waals surface area (Å²) in [6.07, 6.45) is 3.28. The summed E-state index contributed by atoms with van der Waals surface area (Å²) < 4.78 is 0. The first-order chi connectivity index (χ1) is 17.5. The van der Waals surface area contributed by atoms with Crippen LogP contribution in [0, 0.1) is 19.3 Å². The Morgan fingerprint density at radius 2 is 1.45 bits per heavy atom. The first kappa shape index (κ1) is 31.6. The second kappa shape index (κ2) is 12.0. The second-order valence-corrected chi connectivity index (χ2v) is 12.3. The van der Waals surface area contributed by atoms with Gasteiger partial charge in [-0.25, -0.2) is 0 Å². The lowest BCUT2D eigenvalue weighted by Gasteiger charge is -2.37. The summed E-state index contributed by atoms with van der Waals surface area (Å²) in [4.78, 5) is 25.8. The minimum absolute atomic E-state index is 0.0861. The highest BCUT2D eigenvalue weighted by atomic mass is 16.4. The molecule has 0 fully saturated rings. The summed E-state index contributed by atoms with van der Waals surface area (Å²) in [6.45, 7) is 18.5. The van der Waals surface area contributed by atoms with Gasteiger partial charge in [-0.3, -0.25) is 9.59 Å². The Morgan fingerprint density at radius 3 is 1.89 bits per heavy atom. The number of benzene rings is 2. The molecule has 0 aliphatic carbocycles. The van der Waals surface area contributed by atoms with Crippen LogP contribution in [0.15, 0.2) is 36.4 Å². The van der Waals surface area contributed by atoms with Gasteiger partial charge in [0.2, 0.25) is 0 Å². The van der Waals surface area contributed by atoms with Crippen LogP contribution in [-0.2, 0) is 16.6 Å². The van der Waals surface area contributed by atoms with Crippen molar-refractivity contribution in [3.8, 4) is 0 Å². The summed E-state index contributed by atoms with van der Waals surface area (Å²) >= 11 is 0. The Hall–Kier alpha value is -2.66. The Kier molecular flexibility index (Phi) is 9.99. The van der Waals surface area contributed by atoms with Crippen molar-refractivity contribution < 1.29 is 19.8 Å². The van der Waals surface area contributed by atoms with Crippen LogP contribution in [0.25, 0.3) is 0 Å². The van der Waals surface area contributed by atoms with Crippen molar-refractivity contribution in [1.82, 2.24) is 4.90 Å². The number of aliphatic hydroxyl groups is 1. The van der Waals surface area contributed by atoms with Gasteiger partial charge in [0.05, 0.1) is 12.0 Å². The quantitative estimate of drug-likeness (QED) is 0.330. The molecule has 0 aliphatic rings. The normalized spacial score (nSPS) is 14.6. The Labute approximate surface area is 230 Å². The van der Waals surface area contributed by atoms with Crippen molar-refractivity contribution in [3.05, 3.63) is 69.8 Å². The summed E-state index contributed by atoms with van der Waals surface area (Å²) in [7, 11) is 1.66. The minimum atomic E-state index is -0.916. The third kappa shape index (κ3) is 6.66. The van der Waals surface area contributed by atoms with Crippen LogP contribution in [0.3, 0.4) is 0 Å². The molecule has 38 heavy (non-hydrogen) atoms. The predicted molar refractivity (Wildman–Crippen MR) is 156 cm³/mol. The fraction of sp³-hybridized carbons (Fsp3) is 0.576. The van der Waals surface area contributed by atoms with Gasteiger partial charge in [-0.2, -0.15) is 0 Å². The largest absolute Gasteiger partial charge is 0.481 e. The van der Waals surface area contributed by atoms with Crippen molar-refractivity contribution >= 4 is 11.9 Å². The summed E-state index contributed by atoms with van der Waals surface area (Å²) in [5, 5.41) is 20.1. The number of carboxylic acids is 1. The van der Waals surface area contributed by atoms with E-state index in [4.69, 9.17) is 5.11 Å². The van der Waals surface area contributed by atoms with Crippen LogP contribution in [-0.4, -0.2) is 45.7 Å². The molecule has 0 saturated carbocycles. The number of nitrogens with zero attached hydrogens (tertiary/aromatic N) is 1. The van der Waals surface area contributed by atoms with E-state index in [0.29, 0.717) is 12.0 Å². The third-order valence-electron chi connectivity index (χ3n) is 9.06. The topological polar surface area (TPSA) is 77.8 Å². The maximum atomic E-state index is 13.1. The number of carbonyl (C=O) groups excluding carboxylic acids is 1. The van der Waals surface area contributed by atoms with Crippen molar-refractivity contribution in [2.75, 3.05) is 7.05 Å². The highest BCUT2D eigenvalue weighted by Gasteiger charge is 2.35. The Bertz CT molecular complexity index is 1140. The number of rotatable bonds is 11.